The van der Waals surface area contributed by atoms with E-state index in [0.717, 1.165) is 12.1 Å². The fraction of sp³-hybridized carbons (Fsp3) is 0.158. The van der Waals surface area contributed by atoms with Crippen LogP contribution in [-0.2, 0) is 11.0 Å². The fourth-order valence-corrected chi connectivity index (χ4v) is 2.08. The van der Waals surface area contributed by atoms with E-state index in [1.807, 2.05) is 0 Å². The van der Waals surface area contributed by atoms with Gasteiger partial charge in [0, 0.05) is 5.56 Å². The van der Waals surface area contributed by atoms with Crippen molar-refractivity contribution in [3.63, 3.8) is 0 Å². The zero-order valence-electron chi connectivity index (χ0n) is 13.5. The number of carboxylic acid groups (broad SMARTS) is 1. The number of allylic oxidation sites excluding steroid dienone is 1. The van der Waals surface area contributed by atoms with Crippen LogP contribution in [0.2, 0.25) is 0 Å². The number of hydrogen-bond donors (Lipinski definition) is 1. The van der Waals surface area contributed by atoms with Gasteiger partial charge in [-0.2, -0.15) is 13.2 Å². The number of halogens is 3. The molecule has 0 aliphatic heterocycles. The molecule has 0 aliphatic carbocycles. The quantitative estimate of drug-likeness (QED) is 0.582. The molecular weight excluding hydrogens is 349 g/mol. The number of alkyl halides is 3. The van der Waals surface area contributed by atoms with Gasteiger partial charge in [0.2, 0.25) is 0 Å². The van der Waals surface area contributed by atoms with Crippen LogP contribution in [0.15, 0.2) is 54.6 Å². The van der Waals surface area contributed by atoms with E-state index in [0.29, 0.717) is 11.3 Å². The second-order valence-corrected chi connectivity index (χ2v) is 5.34. The van der Waals surface area contributed by atoms with Crippen LogP contribution in [0.4, 0.5) is 13.2 Å². The molecule has 0 atom stereocenters. The summed E-state index contributed by atoms with van der Waals surface area (Å²) in [4.78, 5) is 22.5. The maximum absolute atomic E-state index is 12.7. The Labute approximate surface area is 147 Å². The van der Waals surface area contributed by atoms with E-state index in [-0.39, 0.29) is 18.6 Å². The van der Waals surface area contributed by atoms with Crippen molar-refractivity contribution >= 4 is 17.8 Å². The number of carboxylic acids is 1. The Bertz CT molecular complexity index is 826. The lowest BCUT2D eigenvalue weighted by Crippen LogP contribution is -2.06. The maximum atomic E-state index is 12.7. The Morgan fingerprint density at radius 1 is 1.08 bits per heavy atom. The molecule has 2 aromatic carbocycles. The molecule has 0 fully saturated rings. The molecule has 2 aromatic rings. The van der Waals surface area contributed by atoms with Crippen molar-refractivity contribution in [1.29, 1.82) is 0 Å². The summed E-state index contributed by atoms with van der Waals surface area (Å²) in [5, 5.41) is 8.57. The van der Waals surface area contributed by atoms with Crippen molar-refractivity contribution in [3.05, 3.63) is 71.3 Å². The third-order valence-corrected chi connectivity index (χ3v) is 3.34. The lowest BCUT2D eigenvalue weighted by atomic mass is 10.1. The van der Waals surface area contributed by atoms with E-state index in [2.05, 4.69) is 0 Å². The monoisotopic (exact) mass is 364 g/mol. The van der Waals surface area contributed by atoms with E-state index < -0.39 is 23.5 Å². The zero-order valence-corrected chi connectivity index (χ0v) is 13.5. The van der Waals surface area contributed by atoms with Crippen LogP contribution in [0.1, 0.15) is 27.9 Å². The Morgan fingerprint density at radius 2 is 1.81 bits per heavy atom. The topological polar surface area (TPSA) is 63.6 Å². The average molecular weight is 364 g/mol. The minimum atomic E-state index is -4.51. The normalized spacial score (nSPS) is 11.5. The third kappa shape index (κ3) is 5.77. The van der Waals surface area contributed by atoms with Gasteiger partial charge in [0.05, 0.1) is 18.6 Å². The molecule has 1 N–H and O–H groups in total. The number of ether oxygens (including phenoxy) is 1. The molecule has 0 aromatic heterocycles. The molecule has 0 heterocycles. The molecule has 7 heteroatoms. The highest BCUT2D eigenvalue weighted by Crippen LogP contribution is 2.29. The average Bonchev–Trinajstić information content (AvgIpc) is 2.59. The van der Waals surface area contributed by atoms with E-state index in [1.165, 1.54) is 24.3 Å². The van der Waals surface area contributed by atoms with E-state index in [4.69, 9.17) is 9.84 Å². The summed E-state index contributed by atoms with van der Waals surface area (Å²) in [5.41, 5.74) is -0.353. The molecule has 0 saturated carbocycles. The first-order valence-electron chi connectivity index (χ1n) is 7.60. The summed E-state index contributed by atoms with van der Waals surface area (Å²) in [6.07, 6.45) is -2.03. The van der Waals surface area contributed by atoms with Gasteiger partial charge >= 0.3 is 12.1 Å². The van der Waals surface area contributed by atoms with Gasteiger partial charge in [-0.25, -0.2) is 0 Å². The number of hydrogen-bond acceptors (Lipinski definition) is 3. The lowest BCUT2D eigenvalue weighted by Gasteiger charge is -2.07. The molecule has 0 radical (unpaired) electrons. The molecule has 136 valence electrons. The van der Waals surface area contributed by atoms with Crippen LogP contribution in [0, 0.1) is 0 Å². The Balaban J connectivity index is 2.07. The van der Waals surface area contributed by atoms with Gasteiger partial charge in [-0.15, -0.1) is 0 Å². The first kappa shape index (κ1) is 19.2. The molecule has 26 heavy (non-hydrogen) atoms. The lowest BCUT2D eigenvalue weighted by molar-refractivity contribution is -0.138. The van der Waals surface area contributed by atoms with Gasteiger partial charge in [-0.05, 0) is 35.9 Å². The van der Waals surface area contributed by atoms with Crippen LogP contribution in [0.25, 0.3) is 6.08 Å². The Morgan fingerprint density at radius 3 is 2.50 bits per heavy atom. The predicted octanol–water partition coefficient (Wildman–Crippen LogP) is 4.46. The summed E-state index contributed by atoms with van der Waals surface area (Å²) < 4.78 is 43.4. The van der Waals surface area contributed by atoms with Gasteiger partial charge in [-0.3, -0.25) is 9.59 Å². The van der Waals surface area contributed by atoms with Gasteiger partial charge in [0.1, 0.15) is 5.75 Å². The van der Waals surface area contributed by atoms with E-state index in [1.54, 1.807) is 24.3 Å². The summed E-state index contributed by atoms with van der Waals surface area (Å²) in [6, 6.07) is 10.8. The number of rotatable bonds is 7. The third-order valence-electron chi connectivity index (χ3n) is 3.34. The van der Waals surface area contributed by atoms with Crippen LogP contribution in [0.5, 0.6) is 5.75 Å². The predicted molar refractivity (Wildman–Crippen MR) is 89.0 cm³/mol. The van der Waals surface area contributed by atoms with Crippen LogP contribution in [0.3, 0.4) is 0 Å². The zero-order chi connectivity index (χ0) is 19.2. The standard InChI is InChI=1S/C19H15F3O4/c20-19(21,22)15-5-2-4-14(12-15)17(23)8-7-13-3-1-6-16(11-13)26-10-9-18(24)25/h1-8,11-12H,9-10H2,(H,24,25). The Hall–Kier alpha value is -3.09. The summed E-state index contributed by atoms with van der Waals surface area (Å²) in [6.45, 7) is 0.00562. The van der Waals surface area contributed by atoms with Gasteiger partial charge < -0.3 is 9.84 Å². The first-order valence-corrected chi connectivity index (χ1v) is 7.60. The van der Waals surface area contributed by atoms with Gasteiger partial charge in [0.25, 0.3) is 0 Å². The van der Waals surface area contributed by atoms with Crippen molar-refractivity contribution in [3.8, 4) is 5.75 Å². The second kappa shape index (κ2) is 8.33. The Kier molecular flexibility index (Phi) is 6.16. The smallest absolute Gasteiger partial charge is 0.416 e. The number of aliphatic carboxylic acids is 1. The highest BCUT2D eigenvalue weighted by atomic mass is 19.4. The van der Waals surface area contributed by atoms with E-state index in [9.17, 15) is 22.8 Å². The SMILES string of the molecule is O=C(O)CCOc1cccc(C=CC(=O)c2cccc(C(F)(F)F)c2)c1. The van der Waals surface area contributed by atoms with Gasteiger partial charge in [-0.1, -0.05) is 30.3 Å². The van der Waals surface area contributed by atoms with Crippen molar-refractivity contribution in [2.24, 2.45) is 0 Å². The molecule has 0 aliphatic rings. The minimum absolute atomic E-state index is 0.00562. The number of carbonyl (C=O) groups excluding carboxylic acids is 1. The summed E-state index contributed by atoms with van der Waals surface area (Å²) in [7, 11) is 0. The first-order chi connectivity index (χ1) is 12.3. The largest absolute Gasteiger partial charge is 0.493 e. The van der Waals surface area contributed by atoms with Crippen molar-refractivity contribution in [2.45, 2.75) is 12.6 Å². The minimum Gasteiger partial charge on any atom is -0.493 e. The summed E-state index contributed by atoms with van der Waals surface area (Å²) >= 11 is 0. The van der Waals surface area contributed by atoms with Crippen LogP contribution >= 0.6 is 0 Å². The molecule has 4 nitrogen and oxygen atoms in total. The second-order valence-electron chi connectivity index (χ2n) is 5.34. The van der Waals surface area contributed by atoms with Crippen LogP contribution in [-0.4, -0.2) is 23.5 Å². The van der Waals surface area contributed by atoms with Crippen molar-refractivity contribution in [2.75, 3.05) is 6.61 Å². The number of benzene rings is 2. The molecule has 0 amide bonds. The summed E-state index contributed by atoms with van der Waals surface area (Å²) in [5.74, 6) is -1.11. The number of carbonyl (C=O) groups is 2. The molecule has 2 rings (SSSR count). The highest BCUT2D eigenvalue weighted by molar-refractivity contribution is 6.06. The number of ketones is 1. The highest BCUT2D eigenvalue weighted by Gasteiger charge is 2.30. The molecule has 0 bridgehead atoms. The molecule has 0 spiro atoms. The van der Waals surface area contributed by atoms with E-state index >= 15 is 0 Å². The molecule has 0 saturated heterocycles. The fourth-order valence-electron chi connectivity index (χ4n) is 2.08. The van der Waals surface area contributed by atoms with Crippen molar-refractivity contribution < 1.29 is 32.6 Å². The maximum Gasteiger partial charge on any atom is 0.416 e. The van der Waals surface area contributed by atoms with Crippen molar-refractivity contribution in [1.82, 2.24) is 0 Å². The van der Waals surface area contributed by atoms with Crippen LogP contribution < -0.4 is 4.74 Å². The molecule has 0 unspecified atom stereocenters. The molecular formula is C19H15F3O4. The van der Waals surface area contributed by atoms with Gasteiger partial charge in [0.15, 0.2) is 5.78 Å².